The van der Waals surface area contributed by atoms with Gasteiger partial charge in [-0.25, -0.2) is 0 Å². The van der Waals surface area contributed by atoms with E-state index in [1.54, 1.807) is 0 Å². The third-order valence-corrected chi connectivity index (χ3v) is 3.56. The molecular weight excluding hydrogens is 224 g/mol. The fourth-order valence-electron chi connectivity index (χ4n) is 2.43. The summed E-state index contributed by atoms with van der Waals surface area (Å²) in [4.78, 5) is 12.0. The van der Waals surface area contributed by atoms with Crippen molar-refractivity contribution in [3.8, 4) is 0 Å². The van der Waals surface area contributed by atoms with Crippen molar-refractivity contribution >= 4 is 5.91 Å². The van der Waals surface area contributed by atoms with E-state index in [1.165, 1.54) is 5.56 Å². The Kier molecular flexibility index (Phi) is 4.76. The normalized spacial score (nSPS) is 18.3. The summed E-state index contributed by atoms with van der Waals surface area (Å²) in [6.07, 6.45) is 2.67. The Bertz CT molecular complexity index is 371. The van der Waals surface area contributed by atoms with E-state index in [2.05, 4.69) is 29.7 Å². The molecule has 98 valence electrons. The first-order chi connectivity index (χ1) is 8.75. The van der Waals surface area contributed by atoms with E-state index in [0.29, 0.717) is 12.5 Å². The molecule has 1 amide bonds. The van der Waals surface area contributed by atoms with E-state index in [1.807, 2.05) is 18.2 Å². The van der Waals surface area contributed by atoms with E-state index in [-0.39, 0.29) is 11.8 Å². The third kappa shape index (κ3) is 3.84. The van der Waals surface area contributed by atoms with Crippen LogP contribution < -0.4 is 10.6 Å². The Hall–Kier alpha value is -1.35. The Morgan fingerprint density at radius 3 is 2.67 bits per heavy atom. The van der Waals surface area contributed by atoms with Crippen molar-refractivity contribution in [2.24, 2.45) is 0 Å². The quantitative estimate of drug-likeness (QED) is 0.853. The Labute approximate surface area is 109 Å². The van der Waals surface area contributed by atoms with E-state index in [0.717, 1.165) is 25.9 Å². The molecule has 18 heavy (non-hydrogen) atoms. The van der Waals surface area contributed by atoms with Gasteiger partial charge in [-0.3, -0.25) is 4.79 Å². The summed E-state index contributed by atoms with van der Waals surface area (Å²) in [6, 6.07) is 10.6. The second-order valence-electron chi connectivity index (χ2n) is 5.11. The van der Waals surface area contributed by atoms with Crippen LogP contribution in [0, 0.1) is 0 Å². The molecule has 1 unspecified atom stereocenters. The molecule has 1 heterocycles. The lowest BCUT2D eigenvalue weighted by molar-refractivity contribution is -0.122. The molecule has 0 aliphatic carbocycles. The molecule has 2 rings (SSSR count). The van der Waals surface area contributed by atoms with Gasteiger partial charge in [-0.2, -0.15) is 0 Å². The van der Waals surface area contributed by atoms with E-state index in [9.17, 15) is 4.79 Å². The minimum absolute atomic E-state index is 0.179. The minimum Gasteiger partial charge on any atom is -0.353 e. The zero-order valence-electron chi connectivity index (χ0n) is 11.0. The summed E-state index contributed by atoms with van der Waals surface area (Å²) in [7, 11) is 0. The molecule has 1 fully saturated rings. The van der Waals surface area contributed by atoms with Crippen LogP contribution >= 0.6 is 0 Å². The highest BCUT2D eigenvalue weighted by Gasteiger charge is 2.17. The summed E-state index contributed by atoms with van der Waals surface area (Å²) < 4.78 is 0. The molecule has 3 nitrogen and oxygen atoms in total. The van der Waals surface area contributed by atoms with Gasteiger partial charge in [0.1, 0.15) is 0 Å². The van der Waals surface area contributed by atoms with Gasteiger partial charge in [-0.15, -0.1) is 0 Å². The molecule has 0 saturated carbocycles. The van der Waals surface area contributed by atoms with Gasteiger partial charge in [0.15, 0.2) is 0 Å². The summed E-state index contributed by atoms with van der Waals surface area (Å²) in [5.74, 6) is 0.464. The van der Waals surface area contributed by atoms with Crippen molar-refractivity contribution < 1.29 is 4.79 Å². The Morgan fingerprint density at radius 1 is 1.33 bits per heavy atom. The SMILES string of the molecule is CC(CC(=O)NC1CCNCC1)c1ccccc1. The topological polar surface area (TPSA) is 41.1 Å². The molecule has 3 heteroatoms. The highest BCUT2D eigenvalue weighted by Crippen LogP contribution is 2.18. The lowest BCUT2D eigenvalue weighted by atomic mass is 9.97. The van der Waals surface area contributed by atoms with Gasteiger partial charge >= 0.3 is 0 Å². The van der Waals surface area contributed by atoms with Crippen LogP contribution in [-0.2, 0) is 4.79 Å². The highest BCUT2D eigenvalue weighted by atomic mass is 16.1. The van der Waals surface area contributed by atoms with Crippen LogP contribution in [0.5, 0.6) is 0 Å². The first kappa shape index (κ1) is 13.1. The van der Waals surface area contributed by atoms with Crippen LogP contribution in [0.15, 0.2) is 30.3 Å². The van der Waals surface area contributed by atoms with Crippen LogP contribution in [-0.4, -0.2) is 25.0 Å². The molecule has 2 N–H and O–H groups in total. The smallest absolute Gasteiger partial charge is 0.220 e. The first-order valence-electron chi connectivity index (χ1n) is 6.80. The van der Waals surface area contributed by atoms with Gasteiger partial charge < -0.3 is 10.6 Å². The molecule has 1 aliphatic heterocycles. The Morgan fingerprint density at radius 2 is 2.00 bits per heavy atom. The molecule has 1 atom stereocenters. The molecule has 0 radical (unpaired) electrons. The fraction of sp³-hybridized carbons (Fsp3) is 0.533. The molecule has 0 bridgehead atoms. The number of amides is 1. The van der Waals surface area contributed by atoms with Crippen molar-refractivity contribution in [1.29, 1.82) is 0 Å². The number of carbonyl (C=O) groups excluding carboxylic acids is 1. The molecule has 1 aromatic rings. The maximum atomic E-state index is 12.0. The number of rotatable bonds is 4. The number of carbonyl (C=O) groups is 1. The first-order valence-corrected chi connectivity index (χ1v) is 6.80. The van der Waals surface area contributed by atoms with Gasteiger partial charge in [0.2, 0.25) is 5.91 Å². The molecule has 1 aromatic carbocycles. The Balaban J connectivity index is 1.80. The van der Waals surface area contributed by atoms with E-state index < -0.39 is 0 Å². The molecule has 1 saturated heterocycles. The summed E-state index contributed by atoms with van der Waals surface area (Å²) >= 11 is 0. The number of hydrogen-bond donors (Lipinski definition) is 2. The van der Waals surface area contributed by atoms with Gasteiger partial charge in [0.05, 0.1) is 0 Å². The van der Waals surface area contributed by atoms with Crippen molar-refractivity contribution in [2.45, 2.75) is 38.1 Å². The van der Waals surface area contributed by atoms with Gasteiger partial charge in [-0.05, 0) is 37.4 Å². The molecule has 0 aromatic heterocycles. The predicted octanol–water partition coefficient (Wildman–Crippen LogP) is 2.05. The maximum Gasteiger partial charge on any atom is 0.220 e. The summed E-state index contributed by atoms with van der Waals surface area (Å²) in [5.41, 5.74) is 1.23. The number of hydrogen-bond acceptors (Lipinski definition) is 2. The third-order valence-electron chi connectivity index (χ3n) is 3.56. The van der Waals surface area contributed by atoms with Crippen LogP contribution in [0.2, 0.25) is 0 Å². The average Bonchev–Trinajstić information content (AvgIpc) is 2.40. The van der Waals surface area contributed by atoms with E-state index in [4.69, 9.17) is 0 Å². The second kappa shape index (κ2) is 6.55. The van der Waals surface area contributed by atoms with Crippen LogP contribution in [0.3, 0.4) is 0 Å². The molecular formula is C15H22N2O. The van der Waals surface area contributed by atoms with Gasteiger partial charge in [0.25, 0.3) is 0 Å². The lowest BCUT2D eigenvalue weighted by Crippen LogP contribution is -2.42. The van der Waals surface area contributed by atoms with Crippen molar-refractivity contribution in [3.05, 3.63) is 35.9 Å². The van der Waals surface area contributed by atoms with Crippen molar-refractivity contribution in [2.75, 3.05) is 13.1 Å². The molecule has 0 spiro atoms. The van der Waals surface area contributed by atoms with Crippen LogP contribution in [0.1, 0.15) is 37.7 Å². The maximum absolute atomic E-state index is 12.0. The number of benzene rings is 1. The summed E-state index contributed by atoms with van der Waals surface area (Å²) in [6.45, 7) is 4.13. The highest BCUT2D eigenvalue weighted by molar-refractivity contribution is 5.77. The molecule has 1 aliphatic rings. The predicted molar refractivity (Wildman–Crippen MR) is 73.5 cm³/mol. The summed E-state index contributed by atoms with van der Waals surface area (Å²) in [5, 5.41) is 6.44. The zero-order valence-corrected chi connectivity index (χ0v) is 11.0. The fourth-order valence-corrected chi connectivity index (χ4v) is 2.43. The second-order valence-corrected chi connectivity index (χ2v) is 5.11. The monoisotopic (exact) mass is 246 g/mol. The standard InChI is InChI=1S/C15H22N2O/c1-12(13-5-3-2-4-6-13)11-15(18)17-14-7-9-16-10-8-14/h2-6,12,14,16H,7-11H2,1H3,(H,17,18). The van der Waals surface area contributed by atoms with E-state index >= 15 is 0 Å². The van der Waals surface area contributed by atoms with Crippen LogP contribution in [0.4, 0.5) is 0 Å². The van der Waals surface area contributed by atoms with Gasteiger partial charge in [0, 0.05) is 12.5 Å². The lowest BCUT2D eigenvalue weighted by Gasteiger charge is -2.24. The zero-order chi connectivity index (χ0) is 12.8. The van der Waals surface area contributed by atoms with Crippen molar-refractivity contribution in [1.82, 2.24) is 10.6 Å². The number of nitrogens with one attached hydrogen (secondary N) is 2. The van der Waals surface area contributed by atoms with Crippen LogP contribution in [0.25, 0.3) is 0 Å². The minimum atomic E-state index is 0.179. The average molecular weight is 246 g/mol. The van der Waals surface area contributed by atoms with Gasteiger partial charge in [-0.1, -0.05) is 37.3 Å². The van der Waals surface area contributed by atoms with Crippen molar-refractivity contribution in [3.63, 3.8) is 0 Å². The largest absolute Gasteiger partial charge is 0.353 e. The number of piperidine rings is 1.